The zero-order valence-corrected chi connectivity index (χ0v) is 14.5. The van der Waals surface area contributed by atoms with Gasteiger partial charge in [-0.05, 0) is 37.1 Å². The summed E-state index contributed by atoms with van der Waals surface area (Å²) in [7, 11) is 0. The number of carbonyl (C=O) groups excluding carboxylic acids is 1. The maximum atomic E-state index is 12.9. The molecule has 2 aliphatic rings. The van der Waals surface area contributed by atoms with Gasteiger partial charge in [-0.15, -0.1) is 11.3 Å². The smallest absolute Gasteiger partial charge is 0.252 e. The second kappa shape index (κ2) is 7.07. The minimum atomic E-state index is -0.269. The highest BCUT2D eigenvalue weighted by Crippen LogP contribution is 2.34. The summed E-state index contributed by atoms with van der Waals surface area (Å²) in [6, 6.07) is 6.03. The van der Waals surface area contributed by atoms with E-state index in [9.17, 15) is 4.79 Å². The molecule has 0 aromatic carbocycles. The van der Waals surface area contributed by atoms with Gasteiger partial charge in [-0.1, -0.05) is 24.1 Å². The first kappa shape index (κ1) is 15.8. The number of aromatic nitrogens is 1. The number of amides is 1. The average Bonchev–Trinajstić information content (AvgIpc) is 3.33. The third-order valence-electron chi connectivity index (χ3n) is 4.87. The van der Waals surface area contributed by atoms with Crippen LogP contribution in [-0.2, 0) is 9.53 Å². The molecule has 128 valence electrons. The van der Waals surface area contributed by atoms with Crippen molar-refractivity contribution in [1.29, 1.82) is 0 Å². The van der Waals surface area contributed by atoms with Crippen molar-refractivity contribution in [3.8, 4) is 10.6 Å². The molecule has 2 atom stereocenters. The topological polar surface area (TPSA) is 55.6 Å². The van der Waals surface area contributed by atoms with Gasteiger partial charge in [-0.3, -0.25) is 4.79 Å². The van der Waals surface area contributed by atoms with Crippen LogP contribution >= 0.6 is 11.3 Å². The molecule has 4 rings (SSSR count). The second-order valence-corrected chi connectivity index (χ2v) is 7.44. The quantitative estimate of drug-likeness (QED) is 0.842. The van der Waals surface area contributed by atoms with E-state index in [0.29, 0.717) is 6.61 Å². The molecule has 0 N–H and O–H groups in total. The fourth-order valence-electron chi connectivity index (χ4n) is 3.62. The molecule has 2 saturated heterocycles. The molecule has 2 aromatic rings. The van der Waals surface area contributed by atoms with E-state index in [1.807, 2.05) is 28.5 Å². The lowest BCUT2D eigenvalue weighted by Gasteiger charge is -2.30. The number of ether oxygens (including phenoxy) is 1. The largest absolute Gasteiger partial charge is 0.368 e. The van der Waals surface area contributed by atoms with Crippen LogP contribution in [0.25, 0.3) is 10.6 Å². The van der Waals surface area contributed by atoms with Crippen molar-refractivity contribution < 1.29 is 14.1 Å². The summed E-state index contributed by atoms with van der Waals surface area (Å²) in [5.74, 6) is 0.911. The Morgan fingerprint density at radius 3 is 3.00 bits per heavy atom. The minimum absolute atomic E-state index is 0.00154. The first-order chi connectivity index (χ1) is 11.8. The van der Waals surface area contributed by atoms with Gasteiger partial charge in [0.15, 0.2) is 5.76 Å². The lowest BCUT2D eigenvalue weighted by atomic mass is 10.1. The van der Waals surface area contributed by atoms with Crippen LogP contribution in [0.3, 0.4) is 0 Å². The van der Waals surface area contributed by atoms with Crippen LogP contribution in [0.15, 0.2) is 28.1 Å². The highest BCUT2D eigenvalue weighted by Gasteiger charge is 2.35. The van der Waals surface area contributed by atoms with Crippen LogP contribution in [0.4, 0.5) is 0 Å². The highest BCUT2D eigenvalue weighted by atomic mass is 32.1. The van der Waals surface area contributed by atoms with E-state index in [1.165, 1.54) is 0 Å². The third kappa shape index (κ3) is 3.13. The maximum Gasteiger partial charge on any atom is 0.252 e. The van der Waals surface area contributed by atoms with E-state index in [4.69, 9.17) is 9.26 Å². The average molecular weight is 346 g/mol. The lowest BCUT2D eigenvalue weighted by Crippen LogP contribution is -2.41. The molecule has 0 unspecified atom stereocenters. The molecular weight excluding hydrogens is 324 g/mol. The van der Waals surface area contributed by atoms with Crippen LogP contribution < -0.4 is 0 Å². The molecule has 24 heavy (non-hydrogen) atoms. The van der Waals surface area contributed by atoms with Gasteiger partial charge in [0, 0.05) is 19.2 Å². The molecule has 6 heteroatoms. The van der Waals surface area contributed by atoms with Crippen molar-refractivity contribution in [1.82, 2.24) is 10.1 Å². The number of hydrogen-bond acceptors (Lipinski definition) is 5. The van der Waals surface area contributed by atoms with E-state index in [-0.39, 0.29) is 18.1 Å². The Morgan fingerprint density at radius 1 is 1.25 bits per heavy atom. The molecule has 0 radical (unpaired) electrons. The summed E-state index contributed by atoms with van der Waals surface area (Å²) < 4.78 is 11.2. The molecule has 1 amide bonds. The number of rotatable bonds is 3. The van der Waals surface area contributed by atoms with E-state index >= 15 is 0 Å². The normalized spacial score (nSPS) is 24.9. The molecular formula is C18H22N2O3S. The third-order valence-corrected chi connectivity index (χ3v) is 5.76. The lowest BCUT2D eigenvalue weighted by molar-refractivity contribution is -0.143. The van der Waals surface area contributed by atoms with Gasteiger partial charge < -0.3 is 14.2 Å². The van der Waals surface area contributed by atoms with Crippen LogP contribution in [0, 0.1) is 0 Å². The highest BCUT2D eigenvalue weighted by molar-refractivity contribution is 7.13. The van der Waals surface area contributed by atoms with Gasteiger partial charge in [-0.2, -0.15) is 0 Å². The van der Waals surface area contributed by atoms with Crippen molar-refractivity contribution in [2.45, 2.75) is 50.7 Å². The molecule has 0 aliphatic carbocycles. The van der Waals surface area contributed by atoms with Gasteiger partial charge >= 0.3 is 0 Å². The van der Waals surface area contributed by atoms with Gasteiger partial charge in [-0.25, -0.2) is 0 Å². The predicted molar refractivity (Wildman–Crippen MR) is 91.7 cm³/mol. The van der Waals surface area contributed by atoms with Crippen molar-refractivity contribution in [3.63, 3.8) is 0 Å². The summed E-state index contributed by atoms with van der Waals surface area (Å²) in [5, 5.41) is 6.32. The van der Waals surface area contributed by atoms with Crippen LogP contribution in [0.5, 0.6) is 0 Å². The van der Waals surface area contributed by atoms with Crippen molar-refractivity contribution in [2.24, 2.45) is 0 Å². The first-order valence-electron chi connectivity index (χ1n) is 8.75. The molecule has 2 fully saturated rings. The van der Waals surface area contributed by atoms with Crippen molar-refractivity contribution >= 4 is 17.2 Å². The van der Waals surface area contributed by atoms with Gasteiger partial charge in [0.2, 0.25) is 0 Å². The Labute approximate surface area is 145 Å². The van der Waals surface area contributed by atoms with Crippen molar-refractivity contribution in [2.75, 3.05) is 13.2 Å². The SMILES string of the molecule is O=C([C@H]1CCCO1)N1CCCCC[C@@H]1c1cc(-c2cccs2)on1. The molecule has 5 nitrogen and oxygen atoms in total. The van der Waals surface area contributed by atoms with Gasteiger partial charge in [0.25, 0.3) is 5.91 Å². The van der Waals surface area contributed by atoms with Gasteiger partial charge in [0.1, 0.15) is 11.8 Å². The molecule has 0 bridgehead atoms. The minimum Gasteiger partial charge on any atom is -0.368 e. The van der Waals surface area contributed by atoms with E-state index < -0.39 is 0 Å². The predicted octanol–water partition coefficient (Wildman–Crippen LogP) is 4.03. The van der Waals surface area contributed by atoms with Crippen LogP contribution in [0.1, 0.15) is 50.3 Å². The fourth-order valence-corrected chi connectivity index (χ4v) is 4.29. The number of hydrogen-bond donors (Lipinski definition) is 0. The summed E-state index contributed by atoms with van der Waals surface area (Å²) in [6.45, 7) is 1.48. The van der Waals surface area contributed by atoms with E-state index in [1.54, 1.807) is 11.3 Å². The Hall–Kier alpha value is -1.66. The van der Waals surface area contributed by atoms with Crippen LogP contribution in [-0.4, -0.2) is 35.2 Å². The summed E-state index contributed by atoms with van der Waals surface area (Å²) in [4.78, 5) is 16.0. The number of nitrogens with zero attached hydrogens (tertiary/aromatic N) is 2. The zero-order valence-electron chi connectivity index (χ0n) is 13.6. The van der Waals surface area contributed by atoms with E-state index in [0.717, 1.165) is 61.4 Å². The first-order valence-corrected chi connectivity index (χ1v) is 9.63. The number of likely N-dealkylation sites (tertiary alicyclic amines) is 1. The molecule has 0 spiro atoms. The Morgan fingerprint density at radius 2 is 2.21 bits per heavy atom. The fraction of sp³-hybridized carbons (Fsp3) is 0.556. The molecule has 0 saturated carbocycles. The standard InChI is InChI=1S/C18H22N2O3S/c21-18(15-7-4-10-22-15)20-9-3-1-2-6-14(20)13-12-16(23-19-13)17-8-5-11-24-17/h5,8,11-12,14-15H,1-4,6-7,9-10H2/t14-,15-/m1/s1. The Kier molecular flexibility index (Phi) is 4.67. The summed E-state index contributed by atoms with van der Waals surface area (Å²) in [5.41, 5.74) is 0.867. The van der Waals surface area contributed by atoms with E-state index in [2.05, 4.69) is 5.16 Å². The number of carbonyl (C=O) groups is 1. The molecule has 2 aromatic heterocycles. The van der Waals surface area contributed by atoms with Crippen molar-refractivity contribution in [3.05, 3.63) is 29.3 Å². The van der Waals surface area contributed by atoms with Gasteiger partial charge in [0.05, 0.1) is 10.9 Å². The zero-order chi connectivity index (χ0) is 16.4. The monoisotopic (exact) mass is 346 g/mol. The summed E-state index contributed by atoms with van der Waals surface area (Å²) in [6.07, 6.45) is 5.79. The number of thiophene rings is 1. The Bertz CT molecular complexity index is 676. The van der Waals surface area contributed by atoms with Crippen LogP contribution in [0.2, 0.25) is 0 Å². The molecule has 2 aliphatic heterocycles. The molecule has 4 heterocycles. The maximum absolute atomic E-state index is 12.9. The second-order valence-electron chi connectivity index (χ2n) is 6.49. The Balaban J connectivity index is 1.59. The summed E-state index contributed by atoms with van der Waals surface area (Å²) >= 11 is 1.63.